The molecule has 1 aliphatic rings. The monoisotopic (exact) mass is 375 g/mol. The molecule has 1 saturated heterocycles. The lowest BCUT2D eigenvalue weighted by Crippen LogP contribution is -2.38. The van der Waals surface area contributed by atoms with Crippen LogP contribution in [0, 0.1) is 19.8 Å². The average molecular weight is 376 g/mol. The number of carboxylic acid groups (broad SMARTS) is 1. The molecule has 0 saturated carbocycles. The molecule has 134 valence electrons. The SMILES string of the molecule is Cc1ccsc1C(/C=C/CN1CCC[C@@H](C(=O)O)C1)c1sccc1C. The van der Waals surface area contributed by atoms with Crippen molar-refractivity contribution >= 4 is 28.6 Å². The van der Waals surface area contributed by atoms with Gasteiger partial charge in [-0.15, -0.1) is 22.7 Å². The number of carboxylic acids is 1. The number of aliphatic carboxylic acids is 1. The van der Waals surface area contributed by atoms with E-state index in [2.05, 4.69) is 53.8 Å². The molecule has 25 heavy (non-hydrogen) atoms. The van der Waals surface area contributed by atoms with Gasteiger partial charge < -0.3 is 5.11 Å². The number of allylic oxidation sites excluding steroid dienone is 1. The van der Waals surface area contributed by atoms with Gasteiger partial charge >= 0.3 is 5.97 Å². The molecule has 1 aliphatic heterocycles. The molecular formula is C20H25NO2S2. The zero-order valence-electron chi connectivity index (χ0n) is 14.8. The number of thiophene rings is 2. The summed E-state index contributed by atoms with van der Waals surface area (Å²) in [7, 11) is 0. The van der Waals surface area contributed by atoms with Gasteiger partial charge in [0, 0.05) is 28.8 Å². The van der Waals surface area contributed by atoms with Crippen molar-refractivity contribution in [2.45, 2.75) is 32.6 Å². The molecule has 2 aromatic rings. The maximum atomic E-state index is 11.2. The fourth-order valence-corrected chi connectivity index (χ4v) is 5.57. The second-order valence-electron chi connectivity index (χ2n) is 6.78. The Labute approximate surface area is 157 Å². The zero-order valence-corrected chi connectivity index (χ0v) is 16.4. The minimum Gasteiger partial charge on any atom is -0.481 e. The molecule has 2 aromatic heterocycles. The summed E-state index contributed by atoms with van der Waals surface area (Å²) in [5.74, 6) is -0.563. The van der Waals surface area contributed by atoms with E-state index in [1.165, 1.54) is 20.9 Å². The van der Waals surface area contributed by atoms with Crippen LogP contribution in [-0.4, -0.2) is 35.6 Å². The van der Waals surface area contributed by atoms with Gasteiger partial charge in [0.25, 0.3) is 0 Å². The Morgan fingerprint density at radius 3 is 2.44 bits per heavy atom. The molecule has 0 radical (unpaired) electrons. The number of rotatable bonds is 6. The average Bonchev–Trinajstić information content (AvgIpc) is 3.21. The molecule has 0 aliphatic carbocycles. The van der Waals surface area contributed by atoms with E-state index in [1.807, 2.05) is 22.7 Å². The molecule has 1 atom stereocenters. The third-order valence-electron chi connectivity index (χ3n) is 4.92. The van der Waals surface area contributed by atoms with E-state index in [1.54, 1.807) is 0 Å². The van der Waals surface area contributed by atoms with Crippen LogP contribution in [0.25, 0.3) is 0 Å². The summed E-state index contributed by atoms with van der Waals surface area (Å²) in [6.45, 7) is 6.85. The number of carbonyl (C=O) groups is 1. The van der Waals surface area contributed by atoms with E-state index < -0.39 is 5.97 Å². The van der Waals surface area contributed by atoms with Crippen molar-refractivity contribution in [2.24, 2.45) is 5.92 Å². The van der Waals surface area contributed by atoms with Gasteiger partial charge in [-0.3, -0.25) is 9.69 Å². The fraction of sp³-hybridized carbons (Fsp3) is 0.450. The molecule has 1 N–H and O–H groups in total. The largest absolute Gasteiger partial charge is 0.481 e. The van der Waals surface area contributed by atoms with Gasteiger partial charge in [0.05, 0.1) is 5.92 Å². The topological polar surface area (TPSA) is 40.5 Å². The number of hydrogen-bond donors (Lipinski definition) is 1. The van der Waals surface area contributed by atoms with Crippen LogP contribution in [0.2, 0.25) is 0 Å². The standard InChI is InChI=1S/C20H25NO2S2/c1-14-7-11-24-18(14)17(19-15(2)8-12-25-19)6-4-10-21-9-3-5-16(13-21)20(22)23/h4,6-8,11-12,16-17H,3,5,9-10,13H2,1-2H3,(H,22,23)/b6-4+/t16-/m1/s1. The molecule has 3 rings (SSSR count). The zero-order chi connectivity index (χ0) is 17.8. The lowest BCUT2D eigenvalue weighted by molar-refractivity contribution is -0.143. The molecule has 3 heterocycles. The highest BCUT2D eigenvalue weighted by atomic mass is 32.1. The first kappa shape index (κ1) is 18.4. The van der Waals surface area contributed by atoms with Crippen LogP contribution in [0.1, 0.15) is 39.6 Å². The summed E-state index contributed by atoms with van der Waals surface area (Å²) in [5.41, 5.74) is 2.69. The predicted octanol–water partition coefficient (Wildman–Crippen LogP) is 4.91. The van der Waals surface area contributed by atoms with Crippen LogP contribution in [0.4, 0.5) is 0 Å². The highest BCUT2D eigenvalue weighted by Gasteiger charge is 2.24. The van der Waals surface area contributed by atoms with E-state index in [-0.39, 0.29) is 5.92 Å². The predicted molar refractivity (Wildman–Crippen MR) is 106 cm³/mol. The summed E-state index contributed by atoms with van der Waals surface area (Å²) < 4.78 is 0. The van der Waals surface area contributed by atoms with Crippen LogP contribution in [-0.2, 0) is 4.79 Å². The first-order valence-corrected chi connectivity index (χ1v) is 10.5. The number of nitrogens with zero attached hydrogens (tertiary/aromatic N) is 1. The van der Waals surface area contributed by atoms with Gasteiger partial charge in [-0.25, -0.2) is 0 Å². The lowest BCUT2D eigenvalue weighted by Gasteiger charge is -2.29. The highest BCUT2D eigenvalue weighted by molar-refractivity contribution is 7.11. The molecule has 0 spiro atoms. The van der Waals surface area contributed by atoms with Crippen LogP contribution >= 0.6 is 22.7 Å². The van der Waals surface area contributed by atoms with Crippen molar-refractivity contribution in [3.63, 3.8) is 0 Å². The third-order valence-corrected chi connectivity index (χ3v) is 7.12. The van der Waals surface area contributed by atoms with Crippen molar-refractivity contribution in [3.8, 4) is 0 Å². The second kappa shape index (κ2) is 8.30. The fourth-order valence-electron chi connectivity index (χ4n) is 3.47. The summed E-state index contributed by atoms with van der Waals surface area (Å²) in [6, 6.07) is 4.37. The van der Waals surface area contributed by atoms with E-state index in [0.717, 1.165) is 25.9 Å². The van der Waals surface area contributed by atoms with E-state index in [9.17, 15) is 9.90 Å². The van der Waals surface area contributed by atoms with E-state index >= 15 is 0 Å². The summed E-state index contributed by atoms with van der Waals surface area (Å²) in [6.07, 6.45) is 6.32. The van der Waals surface area contributed by atoms with Gasteiger partial charge in [-0.1, -0.05) is 12.2 Å². The van der Waals surface area contributed by atoms with Crippen LogP contribution < -0.4 is 0 Å². The Hall–Kier alpha value is -1.43. The van der Waals surface area contributed by atoms with Gasteiger partial charge in [0.2, 0.25) is 0 Å². The van der Waals surface area contributed by atoms with Crippen LogP contribution in [0.3, 0.4) is 0 Å². The van der Waals surface area contributed by atoms with E-state index in [0.29, 0.717) is 12.5 Å². The molecule has 1 fully saturated rings. The molecule has 0 amide bonds. The Morgan fingerprint density at radius 2 is 1.92 bits per heavy atom. The summed E-state index contributed by atoms with van der Waals surface area (Å²) >= 11 is 3.64. The molecule has 0 unspecified atom stereocenters. The first-order chi connectivity index (χ1) is 12.1. The Morgan fingerprint density at radius 1 is 1.28 bits per heavy atom. The third kappa shape index (κ3) is 4.40. The Kier molecular flexibility index (Phi) is 6.10. The normalized spacial score (nSPS) is 19.1. The van der Waals surface area contributed by atoms with Crippen molar-refractivity contribution < 1.29 is 9.90 Å². The van der Waals surface area contributed by atoms with Gasteiger partial charge in [0.15, 0.2) is 0 Å². The molecule has 0 aromatic carbocycles. The number of hydrogen-bond acceptors (Lipinski definition) is 4. The molecule has 3 nitrogen and oxygen atoms in total. The Bertz CT molecular complexity index is 706. The second-order valence-corrected chi connectivity index (χ2v) is 8.67. The van der Waals surface area contributed by atoms with Crippen molar-refractivity contribution in [3.05, 3.63) is 55.9 Å². The first-order valence-electron chi connectivity index (χ1n) is 8.76. The Balaban J connectivity index is 1.73. The minimum atomic E-state index is -0.657. The number of aryl methyl sites for hydroxylation is 2. The van der Waals surface area contributed by atoms with Crippen molar-refractivity contribution in [1.82, 2.24) is 4.90 Å². The van der Waals surface area contributed by atoms with Gasteiger partial charge in [0.1, 0.15) is 0 Å². The smallest absolute Gasteiger partial charge is 0.307 e. The van der Waals surface area contributed by atoms with Gasteiger partial charge in [-0.05, 0) is 67.3 Å². The lowest BCUT2D eigenvalue weighted by atomic mass is 9.97. The van der Waals surface area contributed by atoms with Gasteiger partial charge in [-0.2, -0.15) is 0 Å². The minimum absolute atomic E-state index is 0.211. The summed E-state index contributed by atoms with van der Waals surface area (Å²) in [5, 5.41) is 13.6. The molecular weight excluding hydrogens is 350 g/mol. The van der Waals surface area contributed by atoms with Crippen molar-refractivity contribution in [2.75, 3.05) is 19.6 Å². The number of likely N-dealkylation sites (tertiary alicyclic amines) is 1. The maximum absolute atomic E-state index is 11.2. The molecule has 0 bridgehead atoms. The molecule has 5 heteroatoms. The van der Waals surface area contributed by atoms with Crippen molar-refractivity contribution in [1.29, 1.82) is 0 Å². The van der Waals surface area contributed by atoms with Crippen LogP contribution in [0.15, 0.2) is 35.0 Å². The maximum Gasteiger partial charge on any atom is 0.307 e. The van der Waals surface area contributed by atoms with Crippen LogP contribution in [0.5, 0.6) is 0 Å². The highest BCUT2D eigenvalue weighted by Crippen LogP contribution is 2.37. The number of piperidine rings is 1. The van der Waals surface area contributed by atoms with E-state index in [4.69, 9.17) is 0 Å². The summed E-state index contributed by atoms with van der Waals surface area (Å²) in [4.78, 5) is 16.3. The quantitative estimate of drug-likeness (QED) is 0.729.